The molecule has 27 heavy (non-hydrogen) atoms. The number of hydrogen-bond donors (Lipinski definition) is 2. The van der Waals surface area contributed by atoms with Crippen molar-refractivity contribution in [2.24, 2.45) is 0 Å². The van der Waals surface area contributed by atoms with Gasteiger partial charge in [0.2, 0.25) is 0 Å². The number of anilines is 2. The molecule has 8 heteroatoms. The fourth-order valence-electron chi connectivity index (χ4n) is 2.84. The monoisotopic (exact) mass is 497 g/mol. The number of carbonyl (C=O) groups is 2. The molecule has 1 amide bonds. The molecule has 1 aromatic heterocycles. The SMILES string of the molecule is O=C(O)C(C/C=C1/CCN(c2cccnc2)C1=O)Nc1cc(Cl)ccc1I. The first-order valence-electron chi connectivity index (χ1n) is 8.31. The molecule has 1 aromatic carbocycles. The van der Waals surface area contributed by atoms with Gasteiger partial charge in [-0.25, -0.2) is 4.79 Å². The number of halogens is 2. The second-order valence-corrected chi connectivity index (χ2v) is 7.64. The number of pyridine rings is 1. The number of benzene rings is 1. The second-order valence-electron chi connectivity index (χ2n) is 6.04. The number of rotatable bonds is 6. The van der Waals surface area contributed by atoms with E-state index in [1.165, 1.54) is 0 Å². The van der Waals surface area contributed by atoms with Gasteiger partial charge >= 0.3 is 5.97 Å². The van der Waals surface area contributed by atoms with E-state index < -0.39 is 12.0 Å². The van der Waals surface area contributed by atoms with Crippen LogP contribution in [0.15, 0.2) is 54.4 Å². The van der Waals surface area contributed by atoms with Crippen molar-refractivity contribution in [3.8, 4) is 0 Å². The van der Waals surface area contributed by atoms with Crippen LogP contribution in [0.3, 0.4) is 0 Å². The zero-order valence-electron chi connectivity index (χ0n) is 14.2. The molecule has 1 fully saturated rings. The Morgan fingerprint density at radius 1 is 1.44 bits per heavy atom. The van der Waals surface area contributed by atoms with E-state index in [0.29, 0.717) is 29.2 Å². The van der Waals surface area contributed by atoms with Gasteiger partial charge in [0.25, 0.3) is 5.91 Å². The summed E-state index contributed by atoms with van der Waals surface area (Å²) >= 11 is 8.11. The van der Waals surface area contributed by atoms with Gasteiger partial charge in [-0.2, -0.15) is 0 Å². The lowest BCUT2D eigenvalue weighted by molar-refractivity contribution is -0.137. The first kappa shape index (κ1) is 19.6. The maximum Gasteiger partial charge on any atom is 0.326 e. The highest BCUT2D eigenvalue weighted by Crippen LogP contribution is 2.26. The highest BCUT2D eigenvalue weighted by Gasteiger charge is 2.28. The Bertz CT molecular complexity index is 889. The number of carboxylic acid groups (broad SMARTS) is 1. The van der Waals surface area contributed by atoms with Gasteiger partial charge in [0.1, 0.15) is 6.04 Å². The van der Waals surface area contributed by atoms with Gasteiger partial charge in [0.05, 0.1) is 11.9 Å². The van der Waals surface area contributed by atoms with Crippen LogP contribution >= 0.6 is 34.2 Å². The summed E-state index contributed by atoms with van der Waals surface area (Å²) in [6.45, 7) is 0.563. The molecule has 0 spiro atoms. The van der Waals surface area contributed by atoms with Crippen molar-refractivity contribution in [2.45, 2.75) is 18.9 Å². The van der Waals surface area contributed by atoms with E-state index >= 15 is 0 Å². The molecule has 0 radical (unpaired) electrons. The Morgan fingerprint density at radius 2 is 2.26 bits per heavy atom. The Morgan fingerprint density at radius 3 is 2.96 bits per heavy atom. The molecule has 0 aliphatic carbocycles. The standard InChI is InChI=1S/C19H17ClIN3O3/c20-13-4-5-15(21)17(10-13)23-16(19(26)27)6-3-12-7-9-24(18(12)25)14-2-1-8-22-11-14/h1-5,8,10-11,16,23H,6-7,9H2,(H,26,27)/b12-3-. The van der Waals surface area contributed by atoms with Crippen LogP contribution in [0.5, 0.6) is 0 Å². The number of carbonyl (C=O) groups excluding carboxylic acids is 1. The van der Waals surface area contributed by atoms with Crippen LogP contribution in [0, 0.1) is 3.57 Å². The van der Waals surface area contributed by atoms with E-state index in [1.54, 1.807) is 41.6 Å². The summed E-state index contributed by atoms with van der Waals surface area (Å²) in [5, 5.41) is 13.1. The molecule has 6 nitrogen and oxygen atoms in total. The van der Waals surface area contributed by atoms with Crippen molar-refractivity contribution in [3.63, 3.8) is 0 Å². The molecule has 1 aliphatic heterocycles. The maximum absolute atomic E-state index is 12.6. The van der Waals surface area contributed by atoms with Crippen LogP contribution < -0.4 is 10.2 Å². The minimum Gasteiger partial charge on any atom is -0.480 e. The molecule has 2 N–H and O–H groups in total. The fraction of sp³-hybridized carbons (Fsp3) is 0.211. The van der Waals surface area contributed by atoms with E-state index in [1.807, 2.05) is 12.1 Å². The topological polar surface area (TPSA) is 82.5 Å². The lowest BCUT2D eigenvalue weighted by Crippen LogP contribution is -2.29. The fourth-order valence-corrected chi connectivity index (χ4v) is 3.50. The van der Waals surface area contributed by atoms with Crippen LogP contribution in [0.25, 0.3) is 0 Å². The molecule has 1 aliphatic rings. The molecule has 1 saturated heterocycles. The molecular formula is C19H17ClIN3O3. The Balaban J connectivity index is 1.71. The molecule has 3 rings (SSSR count). The summed E-state index contributed by atoms with van der Waals surface area (Å²) in [4.78, 5) is 29.9. The quantitative estimate of drug-likeness (QED) is 0.466. The van der Waals surface area contributed by atoms with E-state index in [0.717, 1.165) is 9.26 Å². The highest BCUT2D eigenvalue weighted by atomic mass is 127. The van der Waals surface area contributed by atoms with E-state index in [-0.39, 0.29) is 12.3 Å². The lowest BCUT2D eigenvalue weighted by Gasteiger charge is -2.16. The molecule has 2 heterocycles. The molecule has 2 aromatic rings. The Kier molecular flexibility index (Phi) is 6.33. The molecule has 1 unspecified atom stereocenters. The molecule has 140 valence electrons. The third-order valence-electron chi connectivity index (χ3n) is 4.24. The van der Waals surface area contributed by atoms with Crippen molar-refractivity contribution in [2.75, 3.05) is 16.8 Å². The third-order valence-corrected chi connectivity index (χ3v) is 5.41. The smallest absolute Gasteiger partial charge is 0.326 e. The number of aliphatic carboxylic acids is 1. The minimum atomic E-state index is -0.989. The average Bonchev–Trinajstić information content (AvgIpc) is 3.02. The van der Waals surface area contributed by atoms with Crippen LogP contribution in [-0.2, 0) is 9.59 Å². The molecule has 1 atom stereocenters. The average molecular weight is 498 g/mol. The molecular weight excluding hydrogens is 481 g/mol. The predicted octanol–water partition coefficient (Wildman–Crippen LogP) is 3.96. The Labute approximate surface area is 175 Å². The van der Waals surface area contributed by atoms with Gasteiger partial charge in [-0.3, -0.25) is 9.78 Å². The van der Waals surface area contributed by atoms with Crippen molar-refractivity contribution in [3.05, 3.63) is 63.0 Å². The van der Waals surface area contributed by atoms with Gasteiger partial charge in [0, 0.05) is 32.6 Å². The van der Waals surface area contributed by atoms with Gasteiger partial charge in [-0.15, -0.1) is 0 Å². The number of aromatic nitrogens is 1. The van der Waals surface area contributed by atoms with Gasteiger partial charge in [-0.05, 0) is 65.8 Å². The van der Waals surface area contributed by atoms with Crippen molar-refractivity contribution in [1.82, 2.24) is 4.98 Å². The largest absolute Gasteiger partial charge is 0.480 e. The number of hydrogen-bond acceptors (Lipinski definition) is 4. The van der Waals surface area contributed by atoms with Gasteiger partial charge in [0.15, 0.2) is 0 Å². The van der Waals surface area contributed by atoms with Crippen LogP contribution in [-0.4, -0.2) is 34.6 Å². The summed E-state index contributed by atoms with van der Waals surface area (Å²) in [5.41, 5.74) is 2.02. The minimum absolute atomic E-state index is 0.107. The second kappa shape index (κ2) is 8.71. The van der Waals surface area contributed by atoms with Crippen molar-refractivity contribution >= 4 is 57.4 Å². The van der Waals surface area contributed by atoms with Crippen LogP contribution in [0.1, 0.15) is 12.8 Å². The summed E-state index contributed by atoms with van der Waals surface area (Å²) < 4.78 is 0.871. The van der Waals surface area contributed by atoms with Crippen molar-refractivity contribution < 1.29 is 14.7 Å². The first-order chi connectivity index (χ1) is 13.0. The number of amides is 1. The van der Waals surface area contributed by atoms with Gasteiger partial charge in [-0.1, -0.05) is 17.7 Å². The summed E-state index contributed by atoms with van der Waals surface area (Å²) in [7, 11) is 0. The number of nitrogens with one attached hydrogen (secondary N) is 1. The third kappa shape index (κ3) is 4.78. The van der Waals surface area contributed by atoms with Crippen LogP contribution in [0.4, 0.5) is 11.4 Å². The zero-order chi connectivity index (χ0) is 19.4. The van der Waals surface area contributed by atoms with E-state index in [4.69, 9.17) is 11.6 Å². The predicted molar refractivity (Wildman–Crippen MR) is 113 cm³/mol. The zero-order valence-corrected chi connectivity index (χ0v) is 17.1. The van der Waals surface area contributed by atoms with Gasteiger partial charge < -0.3 is 15.3 Å². The van der Waals surface area contributed by atoms with E-state index in [9.17, 15) is 14.7 Å². The molecule has 0 bridgehead atoms. The Hall–Kier alpha value is -2.13. The summed E-state index contributed by atoms with van der Waals surface area (Å²) in [6.07, 6.45) is 5.78. The highest BCUT2D eigenvalue weighted by molar-refractivity contribution is 14.1. The van der Waals surface area contributed by atoms with Crippen LogP contribution in [0.2, 0.25) is 5.02 Å². The van der Waals surface area contributed by atoms with Crippen molar-refractivity contribution in [1.29, 1.82) is 0 Å². The number of nitrogens with zero attached hydrogens (tertiary/aromatic N) is 2. The molecule has 0 saturated carbocycles. The normalized spacial score (nSPS) is 16.6. The maximum atomic E-state index is 12.6. The summed E-state index contributed by atoms with van der Waals surface area (Å²) in [5.74, 6) is -1.10. The summed E-state index contributed by atoms with van der Waals surface area (Å²) in [6, 6.07) is 8.00. The first-order valence-corrected chi connectivity index (χ1v) is 9.76. The number of carboxylic acids is 1. The van der Waals surface area contributed by atoms with E-state index in [2.05, 4.69) is 32.9 Å². The lowest BCUT2D eigenvalue weighted by atomic mass is 10.1.